The van der Waals surface area contributed by atoms with Gasteiger partial charge in [0.05, 0.1) is 6.04 Å². The molecular formula is C21H21ClN4O2. The number of nitrogens with zero attached hydrogens (tertiary/aromatic N) is 2. The summed E-state index contributed by atoms with van der Waals surface area (Å²) < 4.78 is 0. The van der Waals surface area contributed by atoms with Crippen molar-refractivity contribution in [1.82, 2.24) is 15.3 Å². The van der Waals surface area contributed by atoms with Crippen molar-refractivity contribution < 1.29 is 9.59 Å². The highest BCUT2D eigenvalue weighted by Crippen LogP contribution is 2.30. The molecular weight excluding hydrogens is 376 g/mol. The molecule has 144 valence electrons. The Bertz CT molecular complexity index is 931. The monoisotopic (exact) mass is 396 g/mol. The first kappa shape index (κ1) is 18.5. The number of halogens is 1. The molecule has 28 heavy (non-hydrogen) atoms. The average Bonchev–Trinajstić information content (AvgIpc) is 3.13. The van der Waals surface area contributed by atoms with Crippen LogP contribution in [-0.2, 0) is 9.59 Å². The number of fused-ring (bicyclic) bond motifs is 1. The lowest BCUT2D eigenvalue weighted by atomic mass is 10.0. The van der Waals surface area contributed by atoms with Crippen LogP contribution < -0.4 is 10.7 Å². The van der Waals surface area contributed by atoms with E-state index in [1.54, 1.807) is 18.3 Å². The van der Waals surface area contributed by atoms with Crippen LogP contribution >= 0.6 is 11.6 Å². The fourth-order valence-electron chi connectivity index (χ4n) is 3.54. The molecule has 0 saturated carbocycles. The number of carbonyl (C=O) groups is 2. The number of rotatable bonds is 4. The minimum Gasteiger partial charge on any atom is -0.324 e. The summed E-state index contributed by atoms with van der Waals surface area (Å²) >= 11 is 6.00. The molecule has 2 aromatic carbocycles. The largest absolute Gasteiger partial charge is 0.324 e. The molecule has 2 amide bonds. The maximum atomic E-state index is 12.9. The molecule has 0 aromatic heterocycles. The van der Waals surface area contributed by atoms with Crippen molar-refractivity contribution in [1.29, 1.82) is 0 Å². The van der Waals surface area contributed by atoms with Crippen LogP contribution in [0.4, 0.5) is 5.69 Å². The number of amides is 2. The van der Waals surface area contributed by atoms with E-state index in [0.29, 0.717) is 17.1 Å². The highest BCUT2D eigenvalue weighted by atomic mass is 35.5. The Kier molecular flexibility index (Phi) is 5.07. The van der Waals surface area contributed by atoms with E-state index in [1.165, 1.54) is 4.90 Å². The first-order chi connectivity index (χ1) is 13.5. The van der Waals surface area contributed by atoms with Gasteiger partial charge in [0.15, 0.2) is 0 Å². The Morgan fingerprint density at radius 1 is 1.21 bits per heavy atom. The second-order valence-electron chi connectivity index (χ2n) is 7.02. The number of nitrogens with one attached hydrogen (secondary N) is 2. The summed E-state index contributed by atoms with van der Waals surface area (Å²) in [6, 6.07) is 15.1. The third kappa shape index (κ3) is 3.74. The Hall–Kier alpha value is -2.83. The van der Waals surface area contributed by atoms with Gasteiger partial charge in [-0.3, -0.25) is 9.59 Å². The number of anilines is 1. The number of benzene rings is 2. The average molecular weight is 397 g/mol. The van der Waals surface area contributed by atoms with Gasteiger partial charge in [-0.2, -0.15) is 0 Å². The molecule has 2 N–H and O–H groups in total. The zero-order chi connectivity index (χ0) is 19.7. The van der Waals surface area contributed by atoms with Crippen molar-refractivity contribution in [2.24, 2.45) is 0 Å². The van der Waals surface area contributed by atoms with Crippen LogP contribution in [0.15, 0.2) is 60.9 Å². The van der Waals surface area contributed by atoms with E-state index in [-0.39, 0.29) is 30.4 Å². The fraction of sp³-hybridized carbons (Fsp3) is 0.238. The van der Waals surface area contributed by atoms with Gasteiger partial charge in [0.1, 0.15) is 12.6 Å². The van der Waals surface area contributed by atoms with Crippen molar-refractivity contribution in [2.75, 3.05) is 11.9 Å². The van der Waals surface area contributed by atoms with E-state index in [1.807, 2.05) is 54.5 Å². The second kappa shape index (κ2) is 7.66. The summed E-state index contributed by atoms with van der Waals surface area (Å²) in [6.45, 7) is 1.85. The molecule has 6 nitrogen and oxygen atoms in total. The van der Waals surface area contributed by atoms with Crippen molar-refractivity contribution in [2.45, 2.75) is 25.4 Å². The summed E-state index contributed by atoms with van der Waals surface area (Å²) in [7, 11) is 0. The lowest BCUT2D eigenvalue weighted by Gasteiger charge is -2.31. The van der Waals surface area contributed by atoms with Gasteiger partial charge in [-0.1, -0.05) is 48.0 Å². The van der Waals surface area contributed by atoms with E-state index in [4.69, 9.17) is 11.6 Å². The second-order valence-corrected chi connectivity index (χ2v) is 7.46. The third-order valence-corrected chi connectivity index (χ3v) is 5.30. The van der Waals surface area contributed by atoms with Gasteiger partial charge in [0.25, 0.3) is 5.91 Å². The summed E-state index contributed by atoms with van der Waals surface area (Å²) in [6.07, 6.45) is 4.11. The van der Waals surface area contributed by atoms with Crippen LogP contribution in [-0.4, -0.2) is 34.3 Å². The van der Waals surface area contributed by atoms with Crippen molar-refractivity contribution >= 4 is 29.1 Å². The number of hydrogen-bond acceptors (Lipinski definition) is 4. The minimum absolute atomic E-state index is 0.0400. The smallest absolute Gasteiger partial charge is 0.251 e. The van der Waals surface area contributed by atoms with E-state index in [2.05, 4.69) is 10.7 Å². The topological polar surface area (TPSA) is 64.7 Å². The molecule has 4 rings (SSSR count). The van der Waals surface area contributed by atoms with Gasteiger partial charge < -0.3 is 15.2 Å². The third-order valence-electron chi connectivity index (χ3n) is 5.06. The van der Waals surface area contributed by atoms with Crippen molar-refractivity contribution in [3.05, 3.63) is 77.1 Å². The van der Waals surface area contributed by atoms with Crippen LogP contribution in [0.25, 0.3) is 0 Å². The van der Waals surface area contributed by atoms with Crippen LogP contribution in [0.1, 0.15) is 23.6 Å². The summed E-state index contributed by atoms with van der Waals surface area (Å²) in [4.78, 5) is 26.8. The van der Waals surface area contributed by atoms with Crippen LogP contribution in [0, 0.1) is 6.92 Å². The molecule has 2 aliphatic heterocycles. The molecule has 0 radical (unpaired) electrons. The van der Waals surface area contributed by atoms with Gasteiger partial charge >= 0.3 is 0 Å². The van der Waals surface area contributed by atoms with Crippen LogP contribution in [0.2, 0.25) is 5.02 Å². The highest BCUT2D eigenvalue weighted by molar-refractivity contribution is 6.31. The molecule has 1 fully saturated rings. The van der Waals surface area contributed by atoms with Crippen LogP contribution in [0.3, 0.4) is 0 Å². The van der Waals surface area contributed by atoms with E-state index in [9.17, 15) is 9.59 Å². The summed E-state index contributed by atoms with van der Waals surface area (Å²) in [5, 5.41) is 5.21. The minimum atomic E-state index is -0.323. The Morgan fingerprint density at radius 3 is 2.79 bits per heavy atom. The molecule has 0 bridgehead atoms. The maximum absolute atomic E-state index is 12.9. The molecule has 1 saturated heterocycles. The summed E-state index contributed by atoms with van der Waals surface area (Å²) in [5.74, 6) is -0.353. The molecule has 2 aromatic rings. The first-order valence-corrected chi connectivity index (χ1v) is 9.53. The lowest BCUT2D eigenvalue weighted by molar-refractivity contribution is -0.137. The van der Waals surface area contributed by atoms with Gasteiger partial charge in [-0.15, -0.1) is 0 Å². The summed E-state index contributed by atoms with van der Waals surface area (Å²) in [5.41, 5.74) is 6.05. The standard InChI is InChI=1S/C21H21ClN4O2/c1-14-7-8-16(22)11-17(14)23-20(27)13-25-9-10-26-19(21(25)28)12-18(24-26)15-5-3-2-4-6-15/h2-11,18-19,24H,12-13H2,1H3,(H,23,27). The van der Waals surface area contributed by atoms with E-state index in [0.717, 1.165) is 11.1 Å². The molecule has 2 atom stereocenters. The van der Waals surface area contributed by atoms with Gasteiger partial charge in [-0.05, 0) is 36.6 Å². The molecule has 7 heteroatoms. The molecule has 0 aliphatic carbocycles. The molecule has 0 spiro atoms. The predicted octanol–water partition coefficient (Wildman–Crippen LogP) is 3.22. The zero-order valence-corrected chi connectivity index (χ0v) is 16.2. The highest BCUT2D eigenvalue weighted by Gasteiger charge is 2.40. The zero-order valence-electron chi connectivity index (χ0n) is 15.4. The lowest BCUT2D eigenvalue weighted by Crippen LogP contribution is -2.49. The normalized spacial score (nSPS) is 21.0. The fourth-order valence-corrected chi connectivity index (χ4v) is 3.72. The Labute approximate surface area is 168 Å². The molecule has 2 unspecified atom stereocenters. The number of hydrazine groups is 1. The Balaban J connectivity index is 1.41. The van der Waals surface area contributed by atoms with Crippen molar-refractivity contribution in [3.8, 4) is 0 Å². The Morgan fingerprint density at radius 2 is 2.00 bits per heavy atom. The molecule has 2 aliphatic rings. The SMILES string of the molecule is Cc1ccc(Cl)cc1NC(=O)CN1C=CN2NC(c3ccccc3)CC2C1=O. The quantitative estimate of drug-likeness (QED) is 0.832. The molecule has 2 heterocycles. The number of carbonyl (C=O) groups excluding carboxylic acids is 2. The van der Waals surface area contributed by atoms with Crippen LogP contribution in [0.5, 0.6) is 0 Å². The van der Waals surface area contributed by atoms with Crippen molar-refractivity contribution in [3.63, 3.8) is 0 Å². The van der Waals surface area contributed by atoms with Gasteiger partial charge in [-0.25, -0.2) is 5.43 Å². The van der Waals surface area contributed by atoms with Gasteiger partial charge in [0.2, 0.25) is 5.91 Å². The first-order valence-electron chi connectivity index (χ1n) is 9.15. The van der Waals surface area contributed by atoms with Gasteiger partial charge in [0, 0.05) is 23.1 Å². The van der Waals surface area contributed by atoms with E-state index >= 15 is 0 Å². The van der Waals surface area contributed by atoms with E-state index < -0.39 is 0 Å². The predicted molar refractivity (Wildman–Crippen MR) is 108 cm³/mol. The maximum Gasteiger partial charge on any atom is 0.251 e. The number of aryl methyl sites for hydroxylation is 1. The number of hydrogen-bond donors (Lipinski definition) is 2.